The van der Waals surface area contributed by atoms with E-state index in [4.69, 9.17) is 5.73 Å². The lowest BCUT2D eigenvalue weighted by Crippen LogP contribution is -2.23. The Morgan fingerprint density at radius 3 is 2.50 bits per heavy atom. The molecule has 0 saturated heterocycles. The van der Waals surface area contributed by atoms with E-state index in [0.717, 1.165) is 16.7 Å². The minimum Gasteiger partial charge on any atom is -0.324 e. The highest BCUT2D eigenvalue weighted by atomic mass is 32.2. The minimum absolute atomic E-state index is 0.0161. The first-order valence-electron chi connectivity index (χ1n) is 5.20. The predicted molar refractivity (Wildman–Crippen MR) is 63.1 cm³/mol. The number of nitrogens with two attached hydrogens (primary N) is 1. The summed E-state index contributed by atoms with van der Waals surface area (Å²) in [4.78, 5) is 0. The smallest absolute Gasteiger partial charge is 0.211 e. The first kappa shape index (κ1) is 11.6. The van der Waals surface area contributed by atoms with Gasteiger partial charge in [-0.05, 0) is 23.6 Å². The quantitative estimate of drug-likeness (QED) is 0.838. The molecule has 1 aromatic carbocycles. The molecule has 0 aliphatic carbocycles. The van der Waals surface area contributed by atoms with E-state index < -0.39 is 10.0 Å². The molecule has 2 N–H and O–H groups in total. The molecule has 0 fully saturated rings. The van der Waals surface area contributed by atoms with Crippen molar-refractivity contribution < 1.29 is 8.42 Å². The molecule has 2 rings (SSSR count). The monoisotopic (exact) mass is 240 g/mol. The Hall–Kier alpha value is -0.910. The number of benzene rings is 1. The van der Waals surface area contributed by atoms with E-state index in [9.17, 15) is 8.42 Å². The zero-order valence-corrected chi connectivity index (χ0v) is 10.3. The van der Waals surface area contributed by atoms with Crippen LogP contribution in [0.25, 0.3) is 0 Å². The van der Waals surface area contributed by atoms with Crippen molar-refractivity contribution in [2.45, 2.75) is 26.1 Å². The summed E-state index contributed by atoms with van der Waals surface area (Å²) in [6.07, 6.45) is 1.24. The summed E-state index contributed by atoms with van der Waals surface area (Å²) in [5.41, 5.74) is 8.99. The fraction of sp³-hybridized carbons (Fsp3) is 0.455. The Kier molecular flexibility index (Phi) is 2.77. The molecule has 88 valence electrons. The van der Waals surface area contributed by atoms with E-state index in [1.54, 1.807) is 0 Å². The molecule has 0 spiro atoms. The second kappa shape index (κ2) is 3.84. The van der Waals surface area contributed by atoms with Gasteiger partial charge in [-0.15, -0.1) is 0 Å². The molecule has 5 heteroatoms. The van der Waals surface area contributed by atoms with E-state index in [2.05, 4.69) is 0 Å². The topological polar surface area (TPSA) is 63.4 Å². The van der Waals surface area contributed by atoms with Crippen LogP contribution in [0.1, 0.15) is 29.7 Å². The van der Waals surface area contributed by atoms with Gasteiger partial charge >= 0.3 is 0 Å². The molecule has 0 saturated carbocycles. The molecule has 1 heterocycles. The summed E-state index contributed by atoms with van der Waals surface area (Å²) in [6, 6.07) is 5.93. The van der Waals surface area contributed by atoms with E-state index in [1.165, 1.54) is 10.6 Å². The molecule has 1 aliphatic rings. The molecule has 0 radical (unpaired) electrons. The van der Waals surface area contributed by atoms with Crippen LogP contribution < -0.4 is 5.73 Å². The van der Waals surface area contributed by atoms with Crippen molar-refractivity contribution >= 4 is 10.0 Å². The maximum absolute atomic E-state index is 11.4. The molecule has 0 aromatic heterocycles. The summed E-state index contributed by atoms with van der Waals surface area (Å²) in [6.45, 7) is 2.87. The Morgan fingerprint density at radius 1 is 1.31 bits per heavy atom. The fourth-order valence-electron chi connectivity index (χ4n) is 1.90. The minimum atomic E-state index is -3.10. The normalized spacial score (nSPS) is 18.4. The van der Waals surface area contributed by atoms with Gasteiger partial charge in [0.15, 0.2) is 0 Å². The third-order valence-electron chi connectivity index (χ3n) is 2.92. The Balaban J connectivity index is 2.32. The highest BCUT2D eigenvalue weighted by Crippen LogP contribution is 2.26. The van der Waals surface area contributed by atoms with Gasteiger partial charge in [-0.2, -0.15) is 4.31 Å². The summed E-state index contributed by atoms with van der Waals surface area (Å²) in [7, 11) is -3.10. The summed E-state index contributed by atoms with van der Waals surface area (Å²) >= 11 is 0. The van der Waals surface area contributed by atoms with Crippen molar-refractivity contribution in [3.63, 3.8) is 0 Å². The number of fused-ring (bicyclic) bond motifs is 1. The standard InChI is InChI=1S/C11H16N2O2S/c1-8(12)9-3-4-10-6-13(16(2,14)15)7-11(10)5-9/h3-5,8H,6-7,12H2,1-2H3. The van der Waals surface area contributed by atoms with Gasteiger partial charge in [0, 0.05) is 19.1 Å². The van der Waals surface area contributed by atoms with Crippen molar-refractivity contribution in [1.82, 2.24) is 4.31 Å². The lowest BCUT2D eigenvalue weighted by Gasteiger charge is -2.10. The lowest BCUT2D eigenvalue weighted by atomic mass is 10.0. The van der Waals surface area contributed by atoms with E-state index in [0.29, 0.717) is 13.1 Å². The summed E-state index contributed by atoms with van der Waals surface area (Å²) < 4.78 is 24.3. The van der Waals surface area contributed by atoms with Crippen LogP contribution in [0.4, 0.5) is 0 Å². The van der Waals surface area contributed by atoms with Crippen LogP contribution in [-0.4, -0.2) is 19.0 Å². The number of hydrogen-bond donors (Lipinski definition) is 1. The largest absolute Gasteiger partial charge is 0.324 e. The molecule has 1 atom stereocenters. The first-order chi connectivity index (χ1) is 7.38. The molecule has 1 aromatic rings. The average molecular weight is 240 g/mol. The maximum Gasteiger partial charge on any atom is 0.211 e. The van der Waals surface area contributed by atoms with Crippen molar-refractivity contribution in [2.75, 3.05) is 6.26 Å². The van der Waals surface area contributed by atoms with Gasteiger partial charge in [0.25, 0.3) is 0 Å². The van der Waals surface area contributed by atoms with Gasteiger partial charge in [0.1, 0.15) is 0 Å². The van der Waals surface area contributed by atoms with Crippen LogP contribution in [0.5, 0.6) is 0 Å². The zero-order valence-electron chi connectivity index (χ0n) is 9.47. The van der Waals surface area contributed by atoms with E-state index >= 15 is 0 Å². The molecule has 1 aliphatic heterocycles. The van der Waals surface area contributed by atoms with Crippen molar-refractivity contribution in [3.8, 4) is 0 Å². The molecule has 4 nitrogen and oxygen atoms in total. The third kappa shape index (κ3) is 2.11. The van der Waals surface area contributed by atoms with Crippen molar-refractivity contribution in [1.29, 1.82) is 0 Å². The van der Waals surface area contributed by atoms with Crippen LogP contribution >= 0.6 is 0 Å². The van der Waals surface area contributed by atoms with E-state index in [-0.39, 0.29) is 6.04 Å². The molecule has 1 unspecified atom stereocenters. The first-order valence-corrected chi connectivity index (χ1v) is 7.05. The van der Waals surface area contributed by atoms with Crippen LogP contribution in [0.3, 0.4) is 0 Å². The lowest BCUT2D eigenvalue weighted by molar-refractivity contribution is 0.436. The fourth-order valence-corrected chi connectivity index (χ4v) is 2.65. The van der Waals surface area contributed by atoms with Crippen molar-refractivity contribution in [2.24, 2.45) is 5.73 Å². The SMILES string of the molecule is CC(N)c1ccc2c(c1)CN(S(C)(=O)=O)C2. The highest BCUT2D eigenvalue weighted by molar-refractivity contribution is 7.88. The Labute approximate surface area is 96.1 Å². The van der Waals surface area contributed by atoms with Gasteiger partial charge in [0.05, 0.1) is 6.26 Å². The van der Waals surface area contributed by atoms with Gasteiger partial charge in [0.2, 0.25) is 10.0 Å². The number of rotatable bonds is 2. The Bertz CT molecular complexity index is 509. The van der Waals surface area contributed by atoms with Gasteiger partial charge in [-0.25, -0.2) is 8.42 Å². The van der Waals surface area contributed by atoms with Gasteiger partial charge < -0.3 is 5.73 Å². The number of nitrogens with zero attached hydrogens (tertiary/aromatic N) is 1. The molecule has 0 bridgehead atoms. The maximum atomic E-state index is 11.4. The molecule has 16 heavy (non-hydrogen) atoms. The van der Waals surface area contributed by atoms with Gasteiger partial charge in [-0.3, -0.25) is 0 Å². The molecule has 0 amide bonds. The van der Waals surface area contributed by atoms with Crippen LogP contribution in [0, 0.1) is 0 Å². The summed E-state index contributed by atoms with van der Waals surface area (Å²) in [5.74, 6) is 0. The predicted octanol–water partition coefficient (Wildman–Crippen LogP) is 0.982. The van der Waals surface area contributed by atoms with Crippen LogP contribution in [0.15, 0.2) is 18.2 Å². The summed E-state index contributed by atoms with van der Waals surface area (Å²) in [5, 5.41) is 0. The third-order valence-corrected chi connectivity index (χ3v) is 4.11. The molecular formula is C11H16N2O2S. The number of hydrogen-bond acceptors (Lipinski definition) is 3. The second-order valence-corrected chi connectivity index (χ2v) is 6.33. The second-order valence-electron chi connectivity index (χ2n) is 4.35. The van der Waals surface area contributed by atoms with Crippen LogP contribution in [0.2, 0.25) is 0 Å². The highest BCUT2D eigenvalue weighted by Gasteiger charge is 2.25. The van der Waals surface area contributed by atoms with Crippen LogP contribution in [-0.2, 0) is 23.1 Å². The number of sulfonamides is 1. The zero-order chi connectivity index (χ0) is 11.9. The van der Waals surface area contributed by atoms with Gasteiger partial charge in [-0.1, -0.05) is 18.2 Å². The average Bonchev–Trinajstić information content (AvgIpc) is 2.58. The molecular weight excluding hydrogens is 224 g/mol. The van der Waals surface area contributed by atoms with Crippen molar-refractivity contribution in [3.05, 3.63) is 34.9 Å². The Morgan fingerprint density at radius 2 is 1.94 bits per heavy atom. The van der Waals surface area contributed by atoms with E-state index in [1.807, 2.05) is 25.1 Å².